The largest absolute Gasteiger partial charge is 0.289 e. The summed E-state index contributed by atoms with van der Waals surface area (Å²) in [5.74, 6) is 0.181. The number of hydrogen-bond acceptors (Lipinski definition) is 1. The maximum Gasteiger partial charge on any atom is 0.185 e. The first-order valence-corrected chi connectivity index (χ1v) is 9.71. The number of hydrogen-bond donors (Lipinski definition) is 0. The molecule has 1 aliphatic rings. The van der Waals surface area contributed by atoms with Gasteiger partial charge in [-0.3, -0.25) is 4.79 Å². The number of rotatable bonds is 2. The summed E-state index contributed by atoms with van der Waals surface area (Å²) in [5, 5.41) is 4.79. The molecule has 5 rings (SSSR count). The molecule has 1 saturated carbocycles. The van der Waals surface area contributed by atoms with Crippen LogP contribution in [0.1, 0.15) is 24.0 Å². The van der Waals surface area contributed by atoms with Gasteiger partial charge in [-0.25, -0.2) is 0 Å². The van der Waals surface area contributed by atoms with Crippen LogP contribution in [0.4, 0.5) is 0 Å². The van der Waals surface area contributed by atoms with E-state index in [-0.39, 0.29) is 5.78 Å². The van der Waals surface area contributed by atoms with Gasteiger partial charge >= 0.3 is 0 Å². The van der Waals surface area contributed by atoms with Crippen LogP contribution >= 0.6 is 0 Å². The Morgan fingerprint density at radius 3 is 1.46 bits per heavy atom. The molecule has 4 aromatic rings. The molecule has 1 aliphatic carbocycles. The highest BCUT2D eigenvalue weighted by molar-refractivity contribution is 6.16. The lowest BCUT2D eigenvalue weighted by Crippen LogP contribution is -1.96. The van der Waals surface area contributed by atoms with E-state index in [4.69, 9.17) is 0 Å². The van der Waals surface area contributed by atoms with Gasteiger partial charge < -0.3 is 0 Å². The molecule has 0 unspecified atom stereocenters. The molecule has 0 amide bonds. The Morgan fingerprint density at radius 1 is 0.536 bits per heavy atom. The second kappa shape index (κ2) is 6.94. The maximum absolute atomic E-state index is 13.0. The number of carbonyl (C=O) groups is 1. The van der Waals surface area contributed by atoms with Gasteiger partial charge in [0.15, 0.2) is 5.78 Å². The molecule has 0 aromatic heterocycles. The SMILES string of the molecule is O=C1/C(=C/c2cccc3ccccc23)CC/C1=C\c1cccc2ccccc12. The first-order valence-electron chi connectivity index (χ1n) is 9.71. The Kier molecular flexibility index (Phi) is 4.14. The Morgan fingerprint density at radius 2 is 0.964 bits per heavy atom. The van der Waals surface area contributed by atoms with Crippen LogP contribution in [-0.2, 0) is 4.79 Å². The van der Waals surface area contributed by atoms with Crippen LogP contribution in [0.15, 0.2) is 96.1 Å². The van der Waals surface area contributed by atoms with Crippen LogP contribution in [-0.4, -0.2) is 5.78 Å². The first kappa shape index (κ1) is 16.7. The smallest absolute Gasteiger partial charge is 0.185 e. The minimum atomic E-state index is 0.181. The summed E-state index contributed by atoms with van der Waals surface area (Å²) in [4.78, 5) is 13.0. The van der Waals surface area contributed by atoms with Crippen LogP contribution < -0.4 is 0 Å². The molecule has 0 spiro atoms. The molecule has 1 nitrogen and oxygen atoms in total. The van der Waals surface area contributed by atoms with Crippen molar-refractivity contribution in [1.29, 1.82) is 0 Å². The highest BCUT2D eigenvalue weighted by Crippen LogP contribution is 2.32. The van der Waals surface area contributed by atoms with E-state index in [0.717, 1.165) is 35.1 Å². The zero-order chi connectivity index (χ0) is 18.9. The van der Waals surface area contributed by atoms with Crippen molar-refractivity contribution in [2.45, 2.75) is 12.8 Å². The number of Topliss-reactive ketones (excluding diaryl/α,β-unsaturated/α-hetero) is 1. The molecule has 0 N–H and O–H groups in total. The fourth-order valence-corrected chi connectivity index (χ4v) is 4.11. The summed E-state index contributed by atoms with van der Waals surface area (Å²) in [6.07, 6.45) is 5.76. The number of benzene rings is 4. The van der Waals surface area contributed by atoms with Crippen molar-refractivity contribution in [2.75, 3.05) is 0 Å². The molecule has 1 fully saturated rings. The normalized spacial score (nSPS) is 17.2. The lowest BCUT2D eigenvalue weighted by atomic mass is 10.00. The second-order valence-corrected chi connectivity index (χ2v) is 7.31. The molecule has 0 radical (unpaired) electrons. The summed E-state index contributed by atoms with van der Waals surface area (Å²) in [7, 11) is 0. The van der Waals surface area contributed by atoms with Gasteiger partial charge in [0.2, 0.25) is 0 Å². The quantitative estimate of drug-likeness (QED) is 0.358. The number of fused-ring (bicyclic) bond motifs is 2. The monoisotopic (exact) mass is 360 g/mol. The van der Waals surface area contributed by atoms with Crippen molar-refractivity contribution in [3.05, 3.63) is 107 Å². The zero-order valence-corrected chi connectivity index (χ0v) is 15.6. The van der Waals surface area contributed by atoms with Gasteiger partial charge in [0.25, 0.3) is 0 Å². The van der Waals surface area contributed by atoms with Crippen molar-refractivity contribution < 1.29 is 4.79 Å². The number of carbonyl (C=O) groups excluding carboxylic acids is 1. The predicted octanol–water partition coefficient (Wildman–Crippen LogP) is 6.82. The van der Waals surface area contributed by atoms with Crippen LogP contribution in [0.5, 0.6) is 0 Å². The van der Waals surface area contributed by atoms with Crippen LogP contribution in [0, 0.1) is 0 Å². The lowest BCUT2D eigenvalue weighted by Gasteiger charge is -2.04. The second-order valence-electron chi connectivity index (χ2n) is 7.31. The van der Waals surface area contributed by atoms with Gasteiger partial charge in [-0.15, -0.1) is 0 Å². The fraction of sp³-hybridized carbons (Fsp3) is 0.0741. The number of ketones is 1. The summed E-state index contributed by atoms with van der Waals surface area (Å²) < 4.78 is 0. The molecule has 0 atom stereocenters. The van der Waals surface area contributed by atoms with Gasteiger partial charge in [-0.1, -0.05) is 84.9 Å². The van der Waals surface area contributed by atoms with E-state index in [1.54, 1.807) is 0 Å². The summed E-state index contributed by atoms with van der Waals surface area (Å²) in [6.45, 7) is 0. The van der Waals surface area contributed by atoms with Gasteiger partial charge in [0.1, 0.15) is 0 Å². The third-order valence-corrected chi connectivity index (χ3v) is 5.55. The van der Waals surface area contributed by atoms with E-state index in [9.17, 15) is 4.79 Å². The van der Waals surface area contributed by atoms with Gasteiger partial charge in [-0.2, -0.15) is 0 Å². The highest BCUT2D eigenvalue weighted by Gasteiger charge is 2.23. The third kappa shape index (κ3) is 2.95. The van der Waals surface area contributed by atoms with Crippen molar-refractivity contribution in [3.8, 4) is 0 Å². The molecule has 1 heteroatoms. The Hall–Kier alpha value is -3.45. The summed E-state index contributed by atoms with van der Waals surface area (Å²) in [5.41, 5.74) is 4.05. The topological polar surface area (TPSA) is 17.1 Å². The van der Waals surface area contributed by atoms with E-state index in [0.29, 0.717) is 0 Å². The minimum absolute atomic E-state index is 0.181. The summed E-state index contributed by atoms with van der Waals surface area (Å²) in [6, 6.07) is 29.2. The first-order chi connectivity index (χ1) is 13.8. The van der Waals surface area contributed by atoms with E-state index in [2.05, 4.69) is 72.8 Å². The van der Waals surface area contributed by atoms with Gasteiger partial charge in [0, 0.05) is 11.1 Å². The number of allylic oxidation sites excluding steroid dienone is 2. The van der Waals surface area contributed by atoms with Crippen LogP contribution in [0.2, 0.25) is 0 Å². The average molecular weight is 360 g/mol. The third-order valence-electron chi connectivity index (χ3n) is 5.55. The Balaban J connectivity index is 1.53. The highest BCUT2D eigenvalue weighted by atomic mass is 16.1. The molecule has 0 heterocycles. The van der Waals surface area contributed by atoms with Gasteiger partial charge in [-0.05, 0) is 57.7 Å². The predicted molar refractivity (Wildman–Crippen MR) is 118 cm³/mol. The standard InChI is InChI=1S/C27H20O/c28-27-23(17-21-11-5-9-19-7-1-3-13-25(19)21)15-16-24(27)18-22-12-6-10-20-8-2-4-14-26(20)22/h1-14,17-18H,15-16H2/b23-17+,24-18+. The Bertz CT molecular complexity index is 1160. The molecule has 0 saturated heterocycles. The van der Waals surface area contributed by atoms with E-state index >= 15 is 0 Å². The Labute approximate surface area is 164 Å². The van der Waals surface area contributed by atoms with E-state index in [1.165, 1.54) is 21.5 Å². The molecule has 28 heavy (non-hydrogen) atoms. The van der Waals surface area contributed by atoms with Crippen LogP contribution in [0.25, 0.3) is 33.7 Å². The van der Waals surface area contributed by atoms with E-state index < -0.39 is 0 Å². The average Bonchev–Trinajstić information content (AvgIpc) is 3.08. The van der Waals surface area contributed by atoms with Crippen molar-refractivity contribution >= 4 is 39.5 Å². The van der Waals surface area contributed by atoms with E-state index in [1.807, 2.05) is 24.3 Å². The molecule has 0 bridgehead atoms. The molecule has 0 aliphatic heterocycles. The fourth-order valence-electron chi connectivity index (χ4n) is 4.11. The van der Waals surface area contributed by atoms with Crippen molar-refractivity contribution in [3.63, 3.8) is 0 Å². The molecular formula is C27H20O. The maximum atomic E-state index is 13.0. The van der Waals surface area contributed by atoms with Crippen molar-refractivity contribution in [2.24, 2.45) is 0 Å². The minimum Gasteiger partial charge on any atom is -0.289 e. The van der Waals surface area contributed by atoms with Crippen LogP contribution in [0.3, 0.4) is 0 Å². The molecular weight excluding hydrogens is 340 g/mol. The van der Waals surface area contributed by atoms with Crippen molar-refractivity contribution in [1.82, 2.24) is 0 Å². The zero-order valence-electron chi connectivity index (χ0n) is 15.6. The van der Waals surface area contributed by atoms with Gasteiger partial charge in [0.05, 0.1) is 0 Å². The molecule has 134 valence electrons. The molecule has 4 aromatic carbocycles. The summed E-state index contributed by atoms with van der Waals surface area (Å²) >= 11 is 0. The lowest BCUT2D eigenvalue weighted by molar-refractivity contribution is -0.111.